The Morgan fingerprint density at radius 1 is 1.25 bits per heavy atom. The lowest BCUT2D eigenvalue weighted by Gasteiger charge is -2.13. The van der Waals surface area contributed by atoms with E-state index >= 15 is 0 Å². The number of carbonyl (C=O) groups is 2. The third-order valence-corrected chi connectivity index (χ3v) is 2.90. The van der Waals surface area contributed by atoms with E-state index in [9.17, 15) is 18.4 Å². The highest BCUT2D eigenvalue weighted by molar-refractivity contribution is 9.10. The molecule has 0 unspecified atom stereocenters. The predicted octanol–water partition coefficient (Wildman–Crippen LogP) is 2.42. The third kappa shape index (κ3) is 4.76. The summed E-state index contributed by atoms with van der Waals surface area (Å²) in [6.45, 7) is -0.848. The molecule has 0 heterocycles. The van der Waals surface area contributed by atoms with Crippen LogP contribution in [0, 0.1) is 5.92 Å². The summed E-state index contributed by atoms with van der Waals surface area (Å²) in [7, 11) is 0. The van der Waals surface area contributed by atoms with Crippen LogP contribution in [0.3, 0.4) is 0 Å². The summed E-state index contributed by atoms with van der Waals surface area (Å²) in [5.74, 6) is -4.63. The van der Waals surface area contributed by atoms with Gasteiger partial charge in [-0.3, -0.25) is 9.59 Å². The molecule has 0 atom stereocenters. The monoisotopic (exact) mass is 352 g/mol. The van der Waals surface area contributed by atoms with E-state index in [-0.39, 0.29) is 17.7 Å². The number of aliphatic carboxylic acids is 2. The molecule has 2 N–H and O–H groups in total. The number of ether oxygens (including phenoxy) is 1. The highest BCUT2D eigenvalue weighted by atomic mass is 79.9. The minimum atomic E-state index is -2.68. The van der Waals surface area contributed by atoms with E-state index in [1.807, 2.05) is 0 Å². The molecular weight excluding hydrogens is 342 g/mol. The Morgan fingerprint density at radius 2 is 1.85 bits per heavy atom. The van der Waals surface area contributed by atoms with Crippen molar-refractivity contribution in [3.63, 3.8) is 0 Å². The van der Waals surface area contributed by atoms with Crippen molar-refractivity contribution in [2.45, 2.75) is 12.8 Å². The first-order valence-electron chi connectivity index (χ1n) is 5.46. The molecule has 0 saturated heterocycles. The van der Waals surface area contributed by atoms with Crippen molar-refractivity contribution in [3.8, 4) is 5.75 Å². The van der Waals surface area contributed by atoms with Gasteiger partial charge >= 0.3 is 11.9 Å². The quantitative estimate of drug-likeness (QED) is 0.736. The summed E-state index contributed by atoms with van der Waals surface area (Å²) >= 11 is 3.14. The Bertz CT molecular complexity index is 493. The standard InChI is InChI=1S/C12H11BrF2O5/c13-7-1-2-9(20-5-10(14)15)6(3-7)4-8(11(16)17)12(18)19/h1-3,8,10H,4-5H2,(H,16,17)(H,18,19). The fraction of sp³-hybridized carbons (Fsp3) is 0.333. The molecule has 0 aliphatic carbocycles. The first-order chi connectivity index (χ1) is 9.31. The molecule has 0 aliphatic rings. The van der Waals surface area contributed by atoms with Crippen molar-refractivity contribution in [1.29, 1.82) is 0 Å². The van der Waals surface area contributed by atoms with Crippen LogP contribution in [0.5, 0.6) is 5.75 Å². The van der Waals surface area contributed by atoms with Crippen LogP contribution in [0.25, 0.3) is 0 Å². The van der Waals surface area contributed by atoms with Gasteiger partial charge in [0.1, 0.15) is 12.4 Å². The highest BCUT2D eigenvalue weighted by Crippen LogP contribution is 2.26. The number of benzene rings is 1. The number of hydrogen-bond acceptors (Lipinski definition) is 3. The highest BCUT2D eigenvalue weighted by Gasteiger charge is 2.27. The summed E-state index contributed by atoms with van der Waals surface area (Å²) in [5, 5.41) is 17.7. The van der Waals surface area contributed by atoms with E-state index < -0.39 is 30.9 Å². The lowest BCUT2D eigenvalue weighted by atomic mass is 9.99. The molecule has 0 bridgehead atoms. The summed E-state index contributed by atoms with van der Waals surface area (Å²) in [5.41, 5.74) is 0.231. The second kappa shape index (κ2) is 7.18. The molecule has 20 heavy (non-hydrogen) atoms. The van der Waals surface area contributed by atoms with Gasteiger partial charge in [0.25, 0.3) is 6.43 Å². The van der Waals surface area contributed by atoms with Gasteiger partial charge in [0.2, 0.25) is 0 Å². The molecule has 5 nitrogen and oxygen atoms in total. The second-order valence-electron chi connectivity index (χ2n) is 3.89. The second-order valence-corrected chi connectivity index (χ2v) is 4.80. The van der Waals surface area contributed by atoms with Crippen LogP contribution in [0.2, 0.25) is 0 Å². The molecule has 1 aromatic rings. The Morgan fingerprint density at radius 3 is 2.35 bits per heavy atom. The SMILES string of the molecule is O=C(O)C(Cc1cc(Br)ccc1OCC(F)F)C(=O)O. The molecule has 110 valence electrons. The normalized spacial score (nSPS) is 10.8. The van der Waals surface area contributed by atoms with Gasteiger partial charge in [-0.25, -0.2) is 8.78 Å². The van der Waals surface area contributed by atoms with Gasteiger partial charge in [-0.05, 0) is 23.8 Å². The van der Waals surface area contributed by atoms with Gasteiger partial charge < -0.3 is 14.9 Å². The van der Waals surface area contributed by atoms with Crippen LogP contribution in [0.4, 0.5) is 8.78 Å². The van der Waals surface area contributed by atoms with Gasteiger partial charge in [0, 0.05) is 10.9 Å². The summed E-state index contributed by atoms with van der Waals surface area (Å²) in [6, 6.07) is 4.35. The molecule has 0 radical (unpaired) electrons. The molecule has 1 aromatic carbocycles. The van der Waals surface area contributed by atoms with Crippen LogP contribution in [-0.4, -0.2) is 35.2 Å². The Labute approximate surface area is 121 Å². The van der Waals surface area contributed by atoms with E-state index in [0.29, 0.717) is 4.47 Å². The van der Waals surface area contributed by atoms with Gasteiger partial charge in [-0.2, -0.15) is 0 Å². The van der Waals surface area contributed by atoms with E-state index in [0.717, 1.165) is 0 Å². The largest absolute Gasteiger partial charge is 0.487 e. The summed E-state index contributed by atoms with van der Waals surface area (Å²) in [4.78, 5) is 21.7. The molecule has 0 fully saturated rings. The molecular formula is C12H11BrF2O5. The van der Waals surface area contributed by atoms with E-state index in [1.54, 1.807) is 0 Å². The van der Waals surface area contributed by atoms with Crippen molar-refractivity contribution in [3.05, 3.63) is 28.2 Å². The van der Waals surface area contributed by atoms with Crippen molar-refractivity contribution in [1.82, 2.24) is 0 Å². The Kier molecular flexibility index (Phi) is 5.87. The first-order valence-corrected chi connectivity index (χ1v) is 6.25. The number of carboxylic acid groups (broad SMARTS) is 2. The number of alkyl halides is 2. The average Bonchev–Trinajstić information content (AvgIpc) is 2.33. The Balaban J connectivity index is 2.99. The topological polar surface area (TPSA) is 83.8 Å². The molecule has 0 amide bonds. The number of carboxylic acids is 2. The van der Waals surface area contributed by atoms with Crippen molar-refractivity contribution in [2.75, 3.05) is 6.61 Å². The fourth-order valence-electron chi connectivity index (χ4n) is 1.50. The predicted molar refractivity (Wildman–Crippen MR) is 68.1 cm³/mol. The molecule has 0 saturated carbocycles. The lowest BCUT2D eigenvalue weighted by molar-refractivity contribution is -0.154. The van der Waals surface area contributed by atoms with Gasteiger partial charge in [0.15, 0.2) is 5.92 Å². The maximum Gasteiger partial charge on any atom is 0.318 e. The smallest absolute Gasteiger partial charge is 0.318 e. The van der Waals surface area contributed by atoms with Gasteiger partial charge in [-0.15, -0.1) is 0 Å². The van der Waals surface area contributed by atoms with Crippen LogP contribution >= 0.6 is 15.9 Å². The molecule has 0 aliphatic heterocycles. The zero-order chi connectivity index (χ0) is 15.3. The minimum Gasteiger partial charge on any atom is -0.487 e. The maximum atomic E-state index is 12.1. The third-order valence-electron chi connectivity index (χ3n) is 2.41. The van der Waals surface area contributed by atoms with Crippen LogP contribution in [-0.2, 0) is 16.0 Å². The van der Waals surface area contributed by atoms with Crippen LogP contribution in [0.1, 0.15) is 5.56 Å². The van der Waals surface area contributed by atoms with E-state index in [1.165, 1.54) is 18.2 Å². The average molecular weight is 353 g/mol. The minimum absolute atomic E-state index is 0.0426. The number of hydrogen-bond donors (Lipinski definition) is 2. The van der Waals surface area contributed by atoms with Crippen molar-refractivity contribution >= 4 is 27.9 Å². The molecule has 0 aromatic heterocycles. The van der Waals surface area contributed by atoms with Crippen LogP contribution < -0.4 is 4.74 Å². The van der Waals surface area contributed by atoms with Crippen molar-refractivity contribution < 1.29 is 33.3 Å². The fourth-order valence-corrected chi connectivity index (χ4v) is 1.91. The van der Waals surface area contributed by atoms with Crippen molar-refractivity contribution in [2.24, 2.45) is 5.92 Å². The van der Waals surface area contributed by atoms with Gasteiger partial charge in [-0.1, -0.05) is 15.9 Å². The summed E-state index contributed by atoms with van der Waals surface area (Å²) < 4.78 is 29.7. The summed E-state index contributed by atoms with van der Waals surface area (Å²) in [6.07, 6.45) is -3.04. The zero-order valence-electron chi connectivity index (χ0n) is 10.1. The number of rotatable bonds is 7. The molecule has 1 rings (SSSR count). The molecule has 8 heteroatoms. The van der Waals surface area contributed by atoms with E-state index in [4.69, 9.17) is 14.9 Å². The Hall–Kier alpha value is -1.70. The first kappa shape index (κ1) is 16.4. The number of halogens is 3. The lowest BCUT2D eigenvalue weighted by Crippen LogP contribution is -2.25. The zero-order valence-corrected chi connectivity index (χ0v) is 11.6. The van der Waals surface area contributed by atoms with Gasteiger partial charge in [0.05, 0.1) is 0 Å². The maximum absolute atomic E-state index is 12.1. The van der Waals surface area contributed by atoms with E-state index in [2.05, 4.69) is 15.9 Å². The van der Waals surface area contributed by atoms with Crippen LogP contribution in [0.15, 0.2) is 22.7 Å². The molecule has 0 spiro atoms.